The molecule has 0 aromatic carbocycles. The molecule has 6 atom stereocenters. The molecule has 0 aromatic rings. The lowest BCUT2D eigenvalue weighted by Gasteiger charge is -2.21. The Hall–Kier alpha value is -1.94. The molecule has 3 unspecified atom stereocenters. The Labute approximate surface area is 568 Å². The third-order valence-corrected chi connectivity index (χ3v) is 19.5. The third kappa shape index (κ3) is 67.0. The van der Waals surface area contributed by atoms with Crippen molar-refractivity contribution in [3.05, 3.63) is 0 Å². The minimum atomic E-state index is -4.95. The van der Waals surface area contributed by atoms with E-state index in [0.717, 1.165) is 109 Å². The first-order chi connectivity index (χ1) is 45.1. The Balaban J connectivity index is 5.16. The Morgan fingerprint density at radius 2 is 0.516 bits per heavy atom. The Morgan fingerprint density at radius 1 is 0.301 bits per heavy atom. The van der Waals surface area contributed by atoms with Crippen LogP contribution in [0.15, 0.2) is 0 Å². The number of carbonyl (C=O) groups is 4. The van der Waals surface area contributed by atoms with Gasteiger partial charge in [-0.05, 0) is 31.6 Å². The SMILES string of the molecule is CCCCCCCCCCCCCCCCCCCCCC(=O)O[C@H](COC(=O)CCCCCCCCCCCCCCCCC(C)CC)COP(=O)(O)OC[C@@H](O)COP(=O)(O)OC[C@@H](COC(=O)CCCCCCCCCC)OC(=O)CCCCCCCCCC. The van der Waals surface area contributed by atoms with E-state index in [9.17, 15) is 43.2 Å². The van der Waals surface area contributed by atoms with E-state index in [1.165, 1.54) is 199 Å². The molecule has 0 aliphatic carbocycles. The van der Waals surface area contributed by atoms with Gasteiger partial charge >= 0.3 is 39.5 Å². The summed E-state index contributed by atoms with van der Waals surface area (Å²) in [6.07, 6.45) is 55.7. The summed E-state index contributed by atoms with van der Waals surface area (Å²) in [5.41, 5.74) is 0. The summed E-state index contributed by atoms with van der Waals surface area (Å²) in [4.78, 5) is 72.5. The minimum absolute atomic E-state index is 0.105. The second kappa shape index (κ2) is 67.3. The molecule has 552 valence electrons. The summed E-state index contributed by atoms with van der Waals surface area (Å²) in [6, 6.07) is 0. The van der Waals surface area contributed by atoms with Crippen molar-refractivity contribution < 1.29 is 80.2 Å². The first-order valence-corrected chi connectivity index (χ1v) is 41.7. The molecule has 93 heavy (non-hydrogen) atoms. The van der Waals surface area contributed by atoms with Crippen LogP contribution >= 0.6 is 15.6 Å². The summed E-state index contributed by atoms with van der Waals surface area (Å²) >= 11 is 0. The number of aliphatic hydroxyl groups excluding tert-OH is 1. The number of unbranched alkanes of at least 4 members (excludes halogenated alkanes) is 45. The molecule has 0 radical (unpaired) electrons. The molecular formula is C74H144O17P2. The Kier molecular flexibility index (Phi) is 65.9. The summed E-state index contributed by atoms with van der Waals surface area (Å²) in [7, 11) is -9.90. The van der Waals surface area contributed by atoms with Crippen molar-refractivity contribution in [1.29, 1.82) is 0 Å². The van der Waals surface area contributed by atoms with E-state index in [2.05, 4.69) is 34.6 Å². The van der Waals surface area contributed by atoms with E-state index in [-0.39, 0.29) is 25.7 Å². The van der Waals surface area contributed by atoms with E-state index in [1.807, 2.05) is 0 Å². The van der Waals surface area contributed by atoms with E-state index < -0.39 is 97.5 Å². The number of hydrogen-bond donors (Lipinski definition) is 3. The Morgan fingerprint density at radius 3 is 0.763 bits per heavy atom. The highest BCUT2D eigenvalue weighted by Crippen LogP contribution is 2.45. The molecule has 0 aliphatic heterocycles. The largest absolute Gasteiger partial charge is 0.472 e. The van der Waals surface area contributed by atoms with Gasteiger partial charge in [-0.15, -0.1) is 0 Å². The molecule has 0 saturated carbocycles. The van der Waals surface area contributed by atoms with E-state index >= 15 is 0 Å². The Bertz CT molecular complexity index is 1790. The molecule has 0 fully saturated rings. The molecule has 17 nitrogen and oxygen atoms in total. The zero-order valence-corrected chi connectivity index (χ0v) is 62.2. The minimum Gasteiger partial charge on any atom is -0.462 e. The molecular weight excluding hydrogens is 1220 g/mol. The zero-order chi connectivity index (χ0) is 68.4. The fourth-order valence-corrected chi connectivity index (χ4v) is 12.9. The quantitative estimate of drug-likeness (QED) is 0.0222. The number of aliphatic hydroxyl groups is 1. The smallest absolute Gasteiger partial charge is 0.462 e. The maximum Gasteiger partial charge on any atom is 0.472 e. The maximum absolute atomic E-state index is 13.1. The van der Waals surface area contributed by atoms with Crippen LogP contribution in [0.3, 0.4) is 0 Å². The molecule has 0 rings (SSSR count). The van der Waals surface area contributed by atoms with Gasteiger partial charge in [-0.3, -0.25) is 37.3 Å². The van der Waals surface area contributed by atoms with Crippen molar-refractivity contribution in [2.24, 2.45) is 5.92 Å². The number of phosphoric acid groups is 2. The topological polar surface area (TPSA) is 237 Å². The highest BCUT2D eigenvalue weighted by molar-refractivity contribution is 7.47. The fraction of sp³-hybridized carbons (Fsp3) is 0.946. The summed E-state index contributed by atoms with van der Waals surface area (Å²) < 4.78 is 68.3. The van der Waals surface area contributed by atoms with Crippen molar-refractivity contribution in [3.8, 4) is 0 Å². The van der Waals surface area contributed by atoms with Crippen molar-refractivity contribution in [1.82, 2.24) is 0 Å². The van der Waals surface area contributed by atoms with E-state index in [1.54, 1.807) is 0 Å². The van der Waals surface area contributed by atoms with Gasteiger partial charge in [0.05, 0.1) is 26.4 Å². The summed E-state index contributed by atoms with van der Waals surface area (Å²) in [6.45, 7) is 7.28. The summed E-state index contributed by atoms with van der Waals surface area (Å²) in [5, 5.41) is 10.6. The predicted octanol–water partition coefficient (Wildman–Crippen LogP) is 21.7. The van der Waals surface area contributed by atoms with Crippen LogP contribution < -0.4 is 0 Å². The molecule has 0 amide bonds. The second-order valence-corrected chi connectivity index (χ2v) is 29.8. The van der Waals surface area contributed by atoms with Gasteiger partial charge < -0.3 is 33.8 Å². The second-order valence-electron chi connectivity index (χ2n) is 26.9. The van der Waals surface area contributed by atoms with Gasteiger partial charge in [0, 0.05) is 25.7 Å². The van der Waals surface area contributed by atoms with E-state index in [0.29, 0.717) is 25.7 Å². The van der Waals surface area contributed by atoms with Crippen molar-refractivity contribution >= 4 is 39.5 Å². The first kappa shape index (κ1) is 91.1. The van der Waals surface area contributed by atoms with Crippen LogP contribution in [-0.4, -0.2) is 96.7 Å². The lowest BCUT2D eigenvalue weighted by Crippen LogP contribution is -2.30. The normalized spacial score (nSPS) is 14.3. The molecule has 3 N–H and O–H groups in total. The van der Waals surface area contributed by atoms with Gasteiger partial charge in [-0.2, -0.15) is 0 Å². The van der Waals surface area contributed by atoms with Crippen LogP contribution in [0.25, 0.3) is 0 Å². The molecule has 0 aliphatic rings. The number of phosphoric ester groups is 2. The van der Waals surface area contributed by atoms with Gasteiger partial charge in [-0.25, -0.2) is 9.13 Å². The lowest BCUT2D eigenvalue weighted by atomic mass is 9.99. The average molecular weight is 1370 g/mol. The average Bonchev–Trinajstić information content (AvgIpc) is 1.87. The first-order valence-electron chi connectivity index (χ1n) is 38.7. The molecule has 0 saturated heterocycles. The van der Waals surface area contributed by atoms with Crippen LogP contribution in [0.2, 0.25) is 0 Å². The van der Waals surface area contributed by atoms with Crippen molar-refractivity contribution in [3.63, 3.8) is 0 Å². The van der Waals surface area contributed by atoms with Gasteiger partial charge in [0.15, 0.2) is 12.2 Å². The summed E-state index contributed by atoms with van der Waals surface area (Å²) in [5.74, 6) is -1.27. The van der Waals surface area contributed by atoms with Crippen LogP contribution in [0.1, 0.15) is 388 Å². The predicted molar refractivity (Wildman–Crippen MR) is 377 cm³/mol. The van der Waals surface area contributed by atoms with Crippen LogP contribution in [0.4, 0.5) is 0 Å². The van der Waals surface area contributed by atoms with Crippen LogP contribution in [0.5, 0.6) is 0 Å². The van der Waals surface area contributed by atoms with Crippen molar-refractivity contribution in [2.75, 3.05) is 39.6 Å². The highest BCUT2D eigenvalue weighted by Gasteiger charge is 2.30. The van der Waals surface area contributed by atoms with Crippen LogP contribution in [0, 0.1) is 5.92 Å². The molecule has 0 bridgehead atoms. The number of rotatable bonds is 74. The molecule has 0 spiro atoms. The molecule has 0 heterocycles. The number of hydrogen-bond acceptors (Lipinski definition) is 15. The van der Waals surface area contributed by atoms with Gasteiger partial charge in [0.25, 0.3) is 0 Å². The standard InChI is InChI=1S/C74H144O17P2/c1-6-10-13-16-19-22-23-24-25-26-27-28-29-34-37-40-45-50-55-60-74(79)91-70(64-85-72(77)58-53-48-44-39-36-33-31-30-32-35-38-41-46-51-56-67(5)9-4)66-89-93(82,83)87-62-68(75)61-86-92(80,81)88-65-69(90-73(78)59-54-49-43-21-18-15-12-8-3)63-84-71(76)57-52-47-42-20-17-14-11-7-2/h67-70,75H,6-66H2,1-5H3,(H,80,81)(H,82,83)/t67?,68-,69+,70+/m0/s1. The number of ether oxygens (including phenoxy) is 4. The lowest BCUT2D eigenvalue weighted by molar-refractivity contribution is -0.161. The maximum atomic E-state index is 13.1. The highest BCUT2D eigenvalue weighted by atomic mass is 31.2. The van der Waals surface area contributed by atoms with Crippen LogP contribution in [-0.2, 0) is 65.4 Å². The zero-order valence-electron chi connectivity index (χ0n) is 60.4. The van der Waals surface area contributed by atoms with Gasteiger partial charge in [0.1, 0.15) is 19.3 Å². The van der Waals surface area contributed by atoms with Gasteiger partial charge in [-0.1, -0.05) is 336 Å². The van der Waals surface area contributed by atoms with Gasteiger partial charge in [0.2, 0.25) is 0 Å². The number of carbonyl (C=O) groups excluding carboxylic acids is 4. The van der Waals surface area contributed by atoms with E-state index in [4.69, 9.17) is 37.0 Å². The monoisotopic (exact) mass is 1370 g/mol. The molecule has 19 heteroatoms. The third-order valence-electron chi connectivity index (χ3n) is 17.6. The fourth-order valence-electron chi connectivity index (χ4n) is 11.3. The molecule has 0 aromatic heterocycles. The van der Waals surface area contributed by atoms with Crippen molar-refractivity contribution in [2.45, 2.75) is 406 Å². The number of esters is 4.